The molecule has 1 fully saturated rings. The Balaban J connectivity index is 1.89. The van der Waals surface area contributed by atoms with E-state index < -0.39 is 0 Å². The summed E-state index contributed by atoms with van der Waals surface area (Å²) >= 11 is 0. The van der Waals surface area contributed by atoms with Crippen LogP contribution in [-0.4, -0.2) is 18.5 Å². The van der Waals surface area contributed by atoms with Crippen molar-refractivity contribution in [3.8, 4) is 0 Å². The van der Waals surface area contributed by atoms with Crippen LogP contribution in [0.2, 0.25) is 0 Å². The molecule has 3 N–H and O–H groups in total. The van der Waals surface area contributed by atoms with Gasteiger partial charge in [0, 0.05) is 11.6 Å². The van der Waals surface area contributed by atoms with Gasteiger partial charge in [-0.05, 0) is 56.3 Å². The van der Waals surface area contributed by atoms with E-state index in [4.69, 9.17) is 5.73 Å². The molecule has 1 amide bonds. The van der Waals surface area contributed by atoms with Gasteiger partial charge in [0.1, 0.15) is 0 Å². The van der Waals surface area contributed by atoms with Gasteiger partial charge in [-0.2, -0.15) is 0 Å². The van der Waals surface area contributed by atoms with Crippen molar-refractivity contribution >= 4 is 5.91 Å². The minimum absolute atomic E-state index is 0.0439. The number of hydrogen-bond acceptors (Lipinski definition) is 2. The summed E-state index contributed by atoms with van der Waals surface area (Å²) in [5.41, 5.74) is 7.46. The lowest BCUT2D eigenvalue weighted by Gasteiger charge is -2.28. The van der Waals surface area contributed by atoms with Crippen molar-refractivity contribution in [3.63, 3.8) is 0 Å². The molecule has 2 rings (SSSR count). The van der Waals surface area contributed by atoms with Crippen LogP contribution in [0, 0.1) is 5.92 Å². The van der Waals surface area contributed by atoms with Crippen LogP contribution in [0.5, 0.6) is 0 Å². The molecule has 20 heavy (non-hydrogen) atoms. The second-order valence-electron chi connectivity index (χ2n) is 5.90. The van der Waals surface area contributed by atoms with Gasteiger partial charge < -0.3 is 11.1 Å². The minimum atomic E-state index is 0.0439. The van der Waals surface area contributed by atoms with E-state index in [1.165, 1.54) is 37.7 Å². The first-order chi connectivity index (χ1) is 9.70. The van der Waals surface area contributed by atoms with Crippen LogP contribution in [-0.2, 0) is 6.42 Å². The molecular weight excluding hydrogens is 248 g/mol. The fourth-order valence-corrected chi connectivity index (χ4v) is 3.03. The normalized spacial score (nSPS) is 17.7. The van der Waals surface area contributed by atoms with Gasteiger partial charge >= 0.3 is 0 Å². The van der Waals surface area contributed by atoms with Gasteiger partial charge in [0.05, 0.1) is 0 Å². The van der Waals surface area contributed by atoms with Crippen molar-refractivity contribution in [2.75, 3.05) is 6.54 Å². The first-order valence-electron chi connectivity index (χ1n) is 7.80. The van der Waals surface area contributed by atoms with E-state index in [1.807, 2.05) is 24.3 Å². The highest BCUT2D eigenvalue weighted by Crippen LogP contribution is 2.26. The van der Waals surface area contributed by atoms with Gasteiger partial charge in [0.25, 0.3) is 5.91 Å². The SMILES string of the molecule is CC(NC(=O)c1ccc(CCN)cc1)C1CCCCC1. The number of benzene rings is 1. The molecule has 1 atom stereocenters. The second-order valence-corrected chi connectivity index (χ2v) is 5.90. The van der Waals surface area contributed by atoms with E-state index in [0.717, 1.165) is 12.0 Å². The van der Waals surface area contributed by atoms with Gasteiger partial charge in [0.2, 0.25) is 0 Å². The average molecular weight is 274 g/mol. The lowest BCUT2D eigenvalue weighted by molar-refractivity contribution is 0.0919. The summed E-state index contributed by atoms with van der Waals surface area (Å²) in [7, 11) is 0. The molecule has 0 radical (unpaired) electrons. The first kappa shape index (κ1) is 15.0. The van der Waals surface area contributed by atoms with Gasteiger partial charge in [-0.3, -0.25) is 4.79 Å². The van der Waals surface area contributed by atoms with E-state index >= 15 is 0 Å². The monoisotopic (exact) mass is 274 g/mol. The van der Waals surface area contributed by atoms with E-state index in [-0.39, 0.29) is 11.9 Å². The molecule has 3 heteroatoms. The number of nitrogens with two attached hydrogens (primary N) is 1. The Hall–Kier alpha value is -1.35. The Morgan fingerprint density at radius 1 is 1.25 bits per heavy atom. The highest BCUT2D eigenvalue weighted by Gasteiger charge is 2.21. The Bertz CT molecular complexity index is 421. The van der Waals surface area contributed by atoms with E-state index in [2.05, 4.69) is 12.2 Å². The minimum Gasteiger partial charge on any atom is -0.349 e. The maximum absolute atomic E-state index is 12.2. The van der Waals surface area contributed by atoms with Crippen molar-refractivity contribution in [2.24, 2.45) is 11.7 Å². The standard InChI is InChI=1S/C17H26N2O/c1-13(15-5-3-2-4-6-15)19-17(20)16-9-7-14(8-10-16)11-12-18/h7-10,13,15H,2-6,11-12,18H2,1H3,(H,19,20). The Morgan fingerprint density at radius 3 is 2.50 bits per heavy atom. The fraction of sp³-hybridized carbons (Fsp3) is 0.588. The Kier molecular flexibility index (Phi) is 5.60. The summed E-state index contributed by atoms with van der Waals surface area (Å²) in [5, 5.41) is 3.15. The highest BCUT2D eigenvalue weighted by atomic mass is 16.1. The van der Waals surface area contributed by atoms with Crippen LogP contribution in [0.25, 0.3) is 0 Å². The summed E-state index contributed by atoms with van der Waals surface area (Å²) in [6.45, 7) is 2.78. The molecule has 1 aromatic rings. The van der Waals surface area contributed by atoms with Crippen molar-refractivity contribution in [3.05, 3.63) is 35.4 Å². The van der Waals surface area contributed by atoms with Crippen LogP contribution in [0.3, 0.4) is 0 Å². The van der Waals surface area contributed by atoms with Crippen LogP contribution >= 0.6 is 0 Å². The number of carbonyl (C=O) groups excluding carboxylic acids is 1. The zero-order chi connectivity index (χ0) is 14.4. The van der Waals surface area contributed by atoms with Crippen molar-refractivity contribution in [1.82, 2.24) is 5.32 Å². The molecule has 1 saturated carbocycles. The van der Waals surface area contributed by atoms with E-state index in [0.29, 0.717) is 12.5 Å². The predicted octanol–water partition coefficient (Wildman–Crippen LogP) is 2.89. The van der Waals surface area contributed by atoms with E-state index in [1.54, 1.807) is 0 Å². The summed E-state index contributed by atoms with van der Waals surface area (Å²) in [4.78, 5) is 12.2. The van der Waals surface area contributed by atoms with Crippen LogP contribution in [0.15, 0.2) is 24.3 Å². The lowest BCUT2D eigenvalue weighted by atomic mass is 9.84. The smallest absolute Gasteiger partial charge is 0.251 e. The number of amides is 1. The predicted molar refractivity (Wildman–Crippen MR) is 82.7 cm³/mol. The molecular formula is C17H26N2O. The molecule has 0 bridgehead atoms. The third-order valence-electron chi connectivity index (χ3n) is 4.36. The number of nitrogens with one attached hydrogen (secondary N) is 1. The Morgan fingerprint density at radius 2 is 1.90 bits per heavy atom. The van der Waals surface area contributed by atoms with Gasteiger partial charge in [-0.15, -0.1) is 0 Å². The van der Waals surface area contributed by atoms with Crippen LogP contribution in [0.1, 0.15) is 54.9 Å². The highest BCUT2D eigenvalue weighted by molar-refractivity contribution is 5.94. The van der Waals surface area contributed by atoms with Gasteiger partial charge in [-0.1, -0.05) is 31.4 Å². The molecule has 3 nitrogen and oxygen atoms in total. The number of rotatable bonds is 5. The molecule has 1 aromatic carbocycles. The van der Waals surface area contributed by atoms with Gasteiger partial charge in [-0.25, -0.2) is 0 Å². The molecule has 0 heterocycles. The van der Waals surface area contributed by atoms with E-state index in [9.17, 15) is 4.79 Å². The summed E-state index contributed by atoms with van der Waals surface area (Å²) in [6, 6.07) is 8.05. The van der Waals surface area contributed by atoms with Gasteiger partial charge in [0.15, 0.2) is 0 Å². The molecule has 110 valence electrons. The molecule has 0 aliphatic heterocycles. The fourth-order valence-electron chi connectivity index (χ4n) is 3.03. The topological polar surface area (TPSA) is 55.1 Å². The zero-order valence-corrected chi connectivity index (χ0v) is 12.4. The average Bonchev–Trinajstić information content (AvgIpc) is 2.49. The molecule has 0 saturated heterocycles. The molecule has 1 unspecified atom stereocenters. The summed E-state index contributed by atoms with van der Waals surface area (Å²) < 4.78 is 0. The molecule has 0 spiro atoms. The number of hydrogen-bond donors (Lipinski definition) is 2. The largest absolute Gasteiger partial charge is 0.349 e. The summed E-state index contributed by atoms with van der Waals surface area (Å²) in [5.74, 6) is 0.687. The van der Waals surface area contributed by atoms with Crippen molar-refractivity contribution in [1.29, 1.82) is 0 Å². The third kappa shape index (κ3) is 4.07. The lowest BCUT2D eigenvalue weighted by Crippen LogP contribution is -2.38. The quantitative estimate of drug-likeness (QED) is 0.867. The molecule has 0 aromatic heterocycles. The maximum Gasteiger partial charge on any atom is 0.251 e. The van der Waals surface area contributed by atoms with Crippen LogP contribution < -0.4 is 11.1 Å². The second kappa shape index (κ2) is 7.44. The van der Waals surface area contributed by atoms with Crippen LogP contribution in [0.4, 0.5) is 0 Å². The number of carbonyl (C=O) groups is 1. The Labute approximate surface area is 121 Å². The molecule has 1 aliphatic carbocycles. The maximum atomic E-state index is 12.2. The molecule has 1 aliphatic rings. The van der Waals surface area contributed by atoms with Crippen molar-refractivity contribution in [2.45, 2.75) is 51.5 Å². The summed E-state index contributed by atoms with van der Waals surface area (Å²) in [6.07, 6.45) is 7.31. The first-order valence-corrected chi connectivity index (χ1v) is 7.80. The third-order valence-corrected chi connectivity index (χ3v) is 4.36. The van der Waals surface area contributed by atoms with Crippen molar-refractivity contribution < 1.29 is 4.79 Å². The zero-order valence-electron chi connectivity index (χ0n) is 12.4.